The third-order valence-electron chi connectivity index (χ3n) is 6.03. The molecule has 6 nitrogen and oxygen atoms in total. The molecule has 0 bridgehead atoms. The van der Waals surface area contributed by atoms with Crippen LogP contribution in [0.5, 0.6) is 0 Å². The number of ether oxygens (including phenoxy) is 2. The van der Waals surface area contributed by atoms with Gasteiger partial charge in [0.05, 0.1) is 27.1 Å². The van der Waals surface area contributed by atoms with Crippen molar-refractivity contribution in [3.05, 3.63) is 11.1 Å². The van der Waals surface area contributed by atoms with E-state index >= 15 is 0 Å². The first-order chi connectivity index (χ1) is 17.3. The number of carbonyl (C=O) groups is 4. The molecule has 0 aliphatic carbocycles. The molecule has 0 heterocycles. The van der Waals surface area contributed by atoms with Crippen LogP contribution in [0.3, 0.4) is 0 Å². The summed E-state index contributed by atoms with van der Waals surface area (Å²) in [4.78, 5) is 46.1. The average molecular weight is 545 g/mol. The highest BCUT2D eigenvalue weighted by molar-refractivity contribution is 8.13. The molecule has 0 N–H and O–H groups in total. The van der Waals surface area contributed by atoms with Gasteiger partial charge in [-0.05, 0) is 38.5 Å². The second-order valence-corrected chi connectivity index (χ2v) is 11.7. The van der Waals surface area contributed by atoms with Gasteiger partial charge in [0, 0.05) is 25.4 Å². The first-order valence-electron chi connectivity index (χ1n) is 13.4. The Morgan fingerprint density at radius 2 is 0.806 bits per heavy atom. The predicted octanol–water partition coefficient (Wildman–Crippen LogP) is 7.43. The molecule has 0 aromatic heterocycles. The Kier molecular flexibility index (Phi) is 23.2. The number of unbranched alkanes of at least 4 members (excludes halogenated alkanes) is 10. The van der Waals surface area contributed by atoms with Crippen molar-refractivity contribution in [1.29, 1.82) is 0 Å². The highest BCUT2D eigenvalue weighted by Crippen LogP contribution is 2.26. The normalized spacial score (nSPS) is 11.7. The lowest BCUT2D eigenvalue weighted by atomic mass is 9.92. The average Bonchev–Trinajstić information content (AvgIpc) is 2.84. The smallest absolute Gasteiger partial charge is 0.309 e. The zero-order chi connectivity index (χ0) is 27.0. The van der Waals surface area contributed by atoms with Crippen LogP contribution in [0.25, 0.3) is 0 Å². The molecule has 0 amide bonds. The largest absolute Gasteiger partial charge is 0.469 e. The molecule has 0 spiro atoms. The van der Waals surface area contributed by atoms with Gasteiger partial charge in [0.25, 0.3) is 0 Å². The predicted molar refractivity (Wildman–Crippen MR) is 151 cm³/mol. The maximum atomic E-state index is 12.1. The summed E-state index contributed by atoms with van der Waals surface area (Å²) in [6, 6.07) is 0. The lowest BCUT2D eigenvalue weighted by molar-refractivity contribution is -0.141. The SMILES string of the molecule is COC(=O)CC(CCCCCCCCSC(C)=O)=C(CCCCCCCCSC(C)=O)CC(=O)OC. The van der Waals surface area contributed by atoms with E-state index in [9.17, 15) is 19.2 Å². The van der Waals surface area contributed by atoms with E-state index in [-0.39, 0.29) is 35.0 Å². The number of thioether (sulfide) groups is 2. The molecule has 0 unspecified atom stereocenters. The molecule has 0 rings (SSSR count). The fraction of sp³-hybridized carbons (Fsp3) is 0.786. The summed E-state index contributed by atoms with van der Waals surface area (Å²) in [5.41, 5.74) is 2.07. The van der Waals surface area contributed by atoms with Crippen LogP contribution < -0.4 is 0 Å². The third-order valence-corrected chi connectivity index (χ3v) is 7.83. The van der Waals surface area contributed by atoms with Gasteiger partial charge in [0.2, 0.25) is 0 Å². The van der Waals surface area contributed by atoms with Crippen molar-refractivity contribution in [2.75, 3.05) is 25.7 Å². The van der Waals surface area contributed by atoms with E-state index in [1.165, 1.54) is 37.7 Å². The minimum Gasteiger partial charge on any atom is -0.469 e. The van der Waals surface area contributed by atoms with E-state index in [0.29, 0.717) is 0 Å². The molecule has 36 heavy (non-hydrogen) atoms. The standard InChI is InChI=1S/C28H48O6S2/c1-23(29)35-19-15-11-7-5-9-13-17-25(21-27(31)33-3)26(22-28(32)34-4)18-14-10-6-8-12-16-20-36-24(2)30/h5-22H2,1-4H3. The Labute approximate surface area is 227 Å². The van der Waals surface area contributed by atoms with Crippen LogP contribution in [0, 0.1) is 0 Å². The van der Waals surface area contributed by atoms with Crippen molar-refractivity contribution >= 4 is 45.7 Å². The van der Waals surface area contributed by atoms with E-state index in [2.05, 4.69) is 0 Å². The number of rotatable bonds is 22. The van der Waals surface area contributed by atoms with Crippen LogP contribution in [-0.2, 0) is 28.7 Å². The Bertz CT molecular complexity index is 619. The van der Waals surface area contributed by atoms with Crippen molar-refractivity contribution in [3.8, 4) is 0 Å². The molecule has 0 aliphatic heterocycles. The summed E-state index contributed by atoms with van der Waals surface area (Å²) in [6.45, 7) is 3.22. The lowest BCUT2D eigenvalue weighted by Gasteiger charge is -2.15. The van der Waals surface area contributed by atoms with Gasteiger partial charge in [0.1, 0.15) is 0 Å². The Morgan fingerprint density at radius 1 is 0.500 bits per heavy atom. The second kappa shape index (κ2) is 24.1. The van der Waals surface area contributed by atoms with Crippen LogP contribution in [0.1, 0.15) is 117 Å². The van der Waals surface area contributed by atoms with Crippen LogP contribution in [0.4, 0.5) is 0 Å². The zero-order valence-electron chi connectivity index (χ0n) is 23.0. The van der Waals surface area contributed by atoms with Crippen LogP contribution in [0.15, 0.2) is 11.1 Å². The number of hydrogen-bond donors (Lipinski definition) is 0. The van der Waals surface area contributed by atoms with E-state index < -0.39 is 0 Å². The molecule has 0 radical (unpaired) electrons. The minimum absolute atomic E-state index is 0.183. The van der Waals surface area contributed by atoms with Crippen LogP contribution in [0.2, 0.25) is 0 Å². The number of hydrogen-bond acceptors (Lipinski definition) is 8. The summed E-state index contributed by atoms with van der Waals surface area (Å²) >= 11 is 2.79. The molecule has 0 atom stereocenters. The summed E-state index contributed by atoms with van der Waals surface area (Å²) < 4.78 is 9.86. The molecular weight excluding hydrogens is 496 g/mol. The lowest BCUT2D eigenvalue weighted by Crippen LogP contribution is -2.09. The summed E-state index contributed by atoms with van der Waals surface area (Å²) in [5.74, 6) is 1.27. The van der Waals surface area contributed by atoms with Gasteiger partial charge in [0.15, 0.2) is 10.2 Å². The van der Waals surface area contributed by atoms with Gasteiger partial charge >= 0.3 is 11.9 Å². The van der Waals surface area contributed by atoms with Crippen molar-refractivity contribution in [2.45, 2.75) is 117 Å². The maximum Gasteiger partial charge on any atom is 0.309 e. The molecule has 8 heteroatoms. The maximum absolute atomic E-state index is 12.1. The molecule has 208 valence electrons. The van der Waals surface area contributed by atoms with E-state index in [1.807, 2.05) is 0 Å². The van der Waals surface area contributed by atoms with E-state index in [1.54, 1.807) is 13.8 Å². The molecule has 0 aromatic carbocycles. The molecular formula is C28H48O6S2. The monoisotopic (exact) mass is 544 g/mol. The first kappa shape index (κ1) is 34.7. The van der Waals surface area contributed by atoms with Gasteiger partial charge in [-0.2, -0.15) is 0 Å². The Hall–Kier alpha value is -1.28. The van der Waals surface area contributed by atoms with Crippen molar-refractivity contribution in [1.82, 2.24) is 0 Å². The Morgan fingerprint density at radius 3 is 1.11 bits per heavy atom. The minimum atomic E-state index is -0.265. The highest BCUT2D eigenvalue weighted by Gasteiger charge is 2.15. The van der Waals surface area contributed by atoms with Crippen LogP contribution >= 0.6 is 23.5 Å². The molecule has 0 aliphatic rings. The molecule has 0 saturated heterocycles. The summed E-state index contributed by atoms with van der Waals surface area (Å²) in [5, 5.41) is 0.367. The third kappa shape index (κ3) is 22.0. The van der Waals surface area contributed by atoms with E-state index in [4.69, 9.17) is 9.47 Å². The fourth-order valence-corrected chi connectivity index (χ4v) is 5.27. The molecule has 0 aromatic rings. The number of carbonyl (C=O) groups excluding carboxylic acids is 4. The van der Waals surface area contributed by atoms with Gasteiger partial charge in [-0.25, -0.2) is 0 Å². The molecule has 0 saturated carbocycles. The van der Waals surface area contributed by atoms with Gasteiger partial charge in [-0.1, -0.05) is 86.0 Å². The van der Waals surface area contributed by atoms with Crippen molar-refractivity contribution in [2.24, 2.45) is 0 Å². The van der Waals surface area contributed by atoms with Crippen molar-refractivity contribution < 1.29 is 28.7 Å². The van der Waals surface area contributed by atoms with Gasteiger partial charge < -0.3 is 9.47 Å². The number of esters is 2. The fourth-order valence-electron chi connectivity index (χ4n) is 4.00. The highest BCUT2D eigenvalue weighted by atomic mass is 32.2. The first-order valence-corrected chi connectivity index (χ1v) is 15.4. The second-order valence-electron chi connectivity index (χ2n) is 9.14. The number of methoxy groups -OCH3 is 2. The quantitative estimate of drug-likeness (QED) is 0.0790. The summed E-state index contributed by atoms with van der Waals surface area (Å²) in [7, 11) is 2.80. The van der Waals surface area contributed by atoms with E-state index in [0.717, 1.165) is 113 Å². The van der Waals surface area contributed by atoms with Gasteiger partial charge in [-0.3, -0.25) is 19.2 Å². The van der Waals surface area contributed by atoms with Gasteiger partial charge in [-0.15, -0.1) is 0 Å². The van der Waals surface area contributed by atoms with Crippen molar-refractivity contribution in [3.63, 3.8) is 0 Å². The summed E-state index contributed by atoms with van der Waals surface area (Å²) in [6.07, 6.45) is 15.2. The zero-order valence-corrected chi connectivity index (χ0v) is 24.6. The topological polar surface area (TPSA) is 86.7 Å². The van der Waals surface area contributed by atoms with Crippen LogP contribution in [-0.4, -0.2) is 47.9 Å². The molecule has 0 fully saturated rings. The Balaban J connectivity index is 4.65.